The maximum Gasteiger partial charge on any atom is 0.231 e. The molecule has 1 atom stereocenters. The molecule has 5 nitrogen and oxygen atoms in total. The van der Waals surface area contributed by atoms with E-state index in [0.717, 1.165) is 31.5 Å². The molecule has 2 saturated heterocycles. The molecule has 0 amide bonds. The summed E-state index contributed by atoms with van der Waals surface area (Å²) in [5.41, 5.74) is 0. The lowest BCUT2D eigenvalue weighted by atomic mass is 10.0. The number of hydrogen-bond donors (Lipinski definition) is 0. The van der Waals surface area contributed by atoms with Gasteiger partial charge in [0.2, 0.25) is 17.2 Å². The van der Waals surface area contributed by atoms with Crippen LogP contribution < -0.4 is 9.80 Å². The zero-order valence-electron chi connectivity index (χ0n) is 12.2. The lowest BCUT2D eigenvalue weighted by molar-refractivity contribution is 0.486. The first-order valence-corrected chi connectivity index (χ1v) is 7.96. The molecule has 0 bridgehead atoms. The number of anilines is 2. The van der Waals surface area contributed by atoms with Gasteiger partial charge < -0.3 is 9.80 Å². The number of hydrogen-bond acceptors (Lipinski definition) is 5. The second-order valence-electron chi connectivity index (χ2n) is 6.05. The van der Waals surface area contributed by atoms with Crippen molar-refractivity contribution in [3.63, 3.8) is 0 Å². The smallest absolute Gasteiger partial charge is 0.231 e. The normalized spacial score (nSPS) is 23.1. The van der Waals surface area contributed by atoms with Crippen molar-refractivity contribution in [1.29, 1.82) is 0 Å². The highest BCUT2D eigenvalue weighted by Crippen LogP contribution is 2.29. The van der Waals surface area contributed by atoms with Gasteiger partial charge in [0.1, 0.15) is 0 Å². The molecule has 2 aliphatic heterocycles. The van der Waals surface area contributed by atoms with Crippen molar-refractivity contribution in [2.75, 3.05) is 29.4 Å². The van der Waals surface area contributed by atoms with E-state index in [4.69, 9.17) is 11.6 Å². The Morgan fingerprint density at radius 2 is 1.70 bits per heavy atom. The molecule has 2 aliphatic rings. The minimum Gasteiger partial charge on any atom is -0.341 e. The van der Waals surface area contributed by atoms with E-state index in [-0.39, 0.29) is 0 Å². The predicted molar refractivity (Wildman–Crippen MR) is 81.5 cm³/mol. The fraction of sp³-hybridized carbons (Fsp3) is 0.786. The first kappa shape index (κ1) is 13.9. The Balaban J connectivity index is 1.89. The van der Waals surface area contributed by atoms with Gasteiger partial charge >= 0.3 is 0 Å². The van der Waals surface area contributed by atoms with E-state index in [1.54, 1.807) is 0 Å². The summed E-state index contributed by atoms with van der Waals surface area (Å²) in [5, 5.41) is 0.311. The Bertz CT molecular complexity index is 473. The molecule has 6 heteroatoms. The van der Waals surface area contributed by atoms with Gasteiger partial charge in [-0.1, -0.05) is 13.8 Å². The van der Waals surface area contributed by atoms with Gasteiger partial charge in [-0.2, -0.15) is 15.0 Å². The molecule has 110 valence electrons. The van der Waals surface area contributed by atoms with Crippen molar-refractivity contribution in [2.45, 2.75) is 45.6 Å². The van der Waals surface area contributed by atoms with Crippen LogP contribution in [0.15, 0.2) is 0 Å². The standard InChI is InChI=1S/C14H22ClN5/c1-10(2)11-6-5-9-20(11)14-17-12(15)16-13(18-14)19-7-3-4-8-19/h10-11H,3-9H2,1-2H3. The topological polar surface area (TPSA) is 45.2 Å². The van der Waals surface area contributed by atoms with Crippen molar-refractivity contribution in [3.05, 3.63) is 5.28 Å². The van der Waals surface area contributed by atoms with E-state index < -0.39 is 0 Å². The summed E-state index contributed by atoms with van der Waals surface area (Å²) in [6, 6.07) is 0.514. The van der Waals surface area contributed by atoms with Gasteiger partial charge in [0, 0.05) is 25.7 Å². The third kappa shape index (κ3) is 2.68. The lowest BCUT2D eigenvalue weighted by Crippen LogP contribution is -2.35. The Labute approximate surface area is 125 Å². The fourth-order valence-corrected chi connectivity index (χ4v) is 3.40. The van der Waals surface area contributed by atoms with Crippen LogP contribution in [-0.4, -0.2) is 40.6 Å². The quantitative estimate of drug-likeness (QED) is 0.858. The average molecular weight is 296 g/mol. The van der Waals surface area contributed by atoms with Crippen molar-refractivity contribution in [2.24, 2.45) is 5.92 Å². The summed E-state index contributed by atoms with van der Waals surface area (Å²) in [7, 11) is 0. The largest absolute Gasteiger partial charge is 0.341 e. The van der Waals surface area contributed by atoms with Crippen molar-refractivity contribution >= 4 is 23.5 Å². The van der Waals surface area contributed by atoms with E-state index in [2.05, 4.69) is 38.6 Å². The maximum atomic E-state index is 6.12. The Kier molecular flexibility index (Phi) is 3.96. The van der Waals surface area contributed by atoms with Crippen LogP contribution in [0.1, 0.15) is 39.5 Å². The van der Waals surface area contributed by atoms with Crippen LogP contribution in [0, 0.1) is 5.92 Å². The average Bonchev–Trinajstić information content (AvgIpc) is 3.09. The fourth-order valence-electron chi connectivity index (χ4n) is 3.25. The van der Waals surface area contributed by atoms with Gasteiger partial charge in [-0.25, -0.2) is 0 Å². The van der Waals surface area contributed by atoms with Crippen molar-refractivity contribution in [1.82, 2.24) is 15.0 Å². The summed E-state index contributed by atoms with van der Waals surface area (Å²) < 4.78 is 0. The highest BCUT2D eigenvalue weighted by molar-refractivity contribution is 6.28. The minimum atomic E-state index is 0.311. The highest BCUT2D eigenvalue weighted by Gasteiger charge is 2.30. The zero-order chi connectivity index (χ0) is 14.1. The second kappa shape index (κ2) is 5.72. The Hall–Kier alpha value is -1.10. The van der Waals surface area contributed by atoms with Crippen LogP contribution in [0.3, 0.4) is 0 Å². The first-order valence-electron chi connectivity index (χ1n) is 7.58. The van der Waals surface area contributed by atoms with E-state index in [0.29, 0.717) is 17.2 Å². The van der Waals surface area contributed by atoms with Crippen molar-refractivity contribution < 1.29 is 0 Å². The summed E-state index contributed by atoms with van der Waals surface area (Å²) >= 11 is 6.12. The third-order valence-electron chi connectivity index (χ3n) is 4.30. The molecule has 0 spiro atoms. The van der Waals surface area contributed by atoms with Crippen LogP contribution in [0.2, 0.25) is 5.28 Å². The van der Waals surface area contributed by atoms with E-state index in [9.17, 15) is 0 Å². The van der Waals surface area contributed by atoms with Crippen LogP contribution >= 0.6 is 11.6 Å². The molecule has 1 aromatic rings. The highest BCUT2D eigenvalue weighted by atomic mass is 35.5. The molecular weight excluding hydrogens is 274 g/mol. The molecule has 2 fully saturated rings. The molecule has 0 aromatic carbocycles. The molecule has 0 saturated carbocycles. The van der Waals surface area contributed by atoms with Crippen LogP contribution in [0.5, 0.6) is 0 Å². The molecule has 20 heavy (non-hydrogen) atoms. The van der Waals surface area contributed by atoms with Gasteiger partial charge in [0.25, 0.3) is 0 Å². The van der Waals surface area contributed by atoms with Gasteiger partial charge in [0.05, 0.1) is 0 Å². The molecular formula is C14H22ClN5. The van der Waals surface area contributed by atoms with E-state index in [1.165, 1.54) is 25.7 Å². The van der Waals surface area contributed by atoms with Gasteiger partial charge in [-0.3, -0.25) is 0 Å². The Morgan fingerprint density at radius 3 is 2.40 bits per heavy atom. The predicted octanol–water partition coefficient (Wildman–Crippen LogP) is 2.75. The summed E-state index contributed by atoms with van der Waals surface area (Å²) in [6.45, 7) is 7.57. The SMILES string of the molecule is CC(C)C1CCCN1c1nc(Cl)nc(N2CCCC2)n1. The molecule has 0 radical (unpaired) electrons. The zero-order valence-corrected chi connectivity index (χ0v) is 13.0. The second-order valence-corrected chi connectivity index (χ2v) is 6.38. The van der Waals surface area contributed by atoms with Gasteiger partial charge in [0.15, 0.2) is 0 Å². The van der Waals surface area contributed by atoms with Gasteiger partial charge in [-0.05, 0) is 43.2 Å². The monoisotopic (exact) mass is 295 g/mol. The summed E-state index contributed by atoms with van der Waals surface area (Å²) in [4.78, 5) is 17.8. The third-order valence-corrected chi connectivity index (χ3v) is 4.47. The number of rotatable bonds is 3. The van der Waals surface area contributed by atoms with E-state index >= 15 is 0 Å². The molecule has 1 unspecified atom stereocenters. The number of nitrogens with zero attached hydrogens (tertiary/aromatic N) is 5. The summed E-state index contributed by atoms with van der Waals surface area (Å²) in [5.74, 6) is 2.10. The van der Waals surface area contributed by atoms with Crippen LogP contribution in [0.4, 0.5) is 11.9 Å². The number of aromatic nitrogens is 3. The maximum absolute atomic E-state index is 6.12. The van der Waals surface area contributed by atoms with Gasteiger partial charge in [-0.15, -0.1) is 0 Å². The first-order chi connectivity index (χ1) is 9.65. The van der Waals surface area contributed by atoms with Crippen LogP contribution in [-0.2, 0) is 0 Å². The van der Waals surface area contributed by atoms with E-state index in [1.807, 2.05) is 0 Å². The minimum absolute atomic E-state index is 0.311. The van der Waals surface area contributed by atoms with Crippen molar-refractivity contribution in [3.8, 4) is 0 Å². The lowest BCUT2D eigenvalue weighted by Gasteiger charge is -2.28. The molecule has 3 heterocycles. The number of halogens is 1. The Morgan fingerprint density at radius 1 is 1.00 bits per heavy atom. The molecule has 1 aromatic heterocycles. The molecule has 0 N–H and O–H groups in total. The van der Waals surface area contributed by atoms with Crippen LogP contribution in [0.25, 0.3) is 0 Å². The summed E-state index contributed by atoms with van der Waals surface area (Å²) in [6.07, 6.45) is 4.82. The molecule has 0 aliphatic carbocycles. The molecule has 3 rings (SSSR count).